The first kappa shape index (κ1) is 35.5. The first-order chi connectivity index (χ1) is 25.2. The molecule has 2 aromatic carbocycles. The Balaban J connectivity index is 0.872. The quantitative estimate of drug-likeness (QED) is 0.0699. The molecule has 5 N–H and O–H groups in total. The number of pyridine rings is 1. The molecule has 2 aliphatic rings. The smallest absolute Gasteiger partial charge is 0.264 e. The van der Waals surface area contributed by atoms with Gasteiger partial charge in [-0.1, -0.05) is 31.0 Å². The van der Waals surface area contributed by atoms with Gasteiger partial charge in [-0.15, -0.1) is 0 Å². The second-order valence-corrected chi connectivity index (χ2v) is 12.5. The fourth-order valence-corrected chi connectivity index (χ4v) is 6.29. The lowest BCUT2D eigenvalue weighted by molar-refractivity contribution is -0.136. The van der Waals surface area contributed by atoms with Gasteiger partial charge in [0.15, 0.2) is 0 Å². The Morgan fingerprint density at radius 3 is 2.48 bits per heavy atom. The maximum absolute atomic E-state index is 13.2. The molecule has 52 heavy (non-hydrogen) atoms. The average molecular weight is 706 g/mol. The number of unbranched alkanes of at least 4 members (excludes halogenated alkanes) is 3. The minimum Gasteiger partial charge on any atom is -0.497 e. The van der Waals surface area contributed by atoms with Gasteiger partial charge in [0.2, 0.25) is 23.6 Å². The normalized spacial score (nSPS) is 15.6. The summed E-state index contributed by atoms with van der Waals surface area (Å²) < 4.78 is 5.25. The number of methoxy groups -OCH3 is 1. The number of rotatable bonds is 15. The third-order valence-corrected chi connectivity index (χ3v) is 9.01. The van der Waals surface area contributed by atoms with E-state index < -0.39 is 29.7 Å². The van der Waals surface area contributed by atoms with Crippen LogP contribution in [-0.2, 0) is 19.2 Å². The number of H-pyrrole nitrogens is 1. The molecule has 0 saturated carbocycles. The zero-order valence-electron chi connectivity index (χ0n) is 28.6. The number of nitrogens with zero attached hydrogens (tertiary/aromatic N) is 2. The highest BCUT2D eigenvalue weighted by Crippen LogP contribution is 2.33. The second-order valence-electron chi connectivity index (χ2n) is 12.5. The molecule has 4 heterocycles. The van der Waals surface area contributed by atoms with Crippen LogP contribution in [0.4, 0.5) is 5.69 Å². The van der Waals surface area contributed by atoms with Crippen molar-refractivity contribution in [1.29, 1.82) is 0 Å². The van der Waals surface area contributed by atoms with Gasteiger partial charge in [0, 0.05) is 54.6 Å². The summed E-state index contributed by atoms with van der Waals surface area (Å²) in [5.74, 6) is -2.07. The van der Waals surface area contributed by atoms with E-state index in [4.69, 9.17) is 4.74 Å². The fraction of sp³-hybridized carbons (Fsp3) is 0.289. The van der Waals surface area contributed by atoms with Gasteiger partial charge in [-0.3, -0.25) is 39.0 Å². The van der Waals surface area contributed by atoms with E-state index in [1.807, 2.05) is 36.5 Å². The predicted octanol–water partition coefficient (Wildman–Crippen LogP) is 3.56. The van der Waals surface area contributed by atoms with Crippen molar-refractivity contribution in [2.24, 2.45) is 0 Å². The molecule has 6 rings (SSSR count). The summed E-state index contributed by atoms with van der Waals surface area (Å²) in [6.45, 7) is 0.873. The van der Waals surface area contributed by atoms with Gasteiger partial charge < -0.3 is 25.7 Å². The lowest BCUT2D eigenvalue weighted by Gasteiger charge is -2.27. The molecule has 14 nitrogen and oxygen atoms in total. The van der Waals surface area contributed by atoms with Crippen molar-refractivity contribution >= 4 is 58.2 Å². The van der Waals surface area contributed by atoms with Gasteiger partial charge in [0.25, 0.3) is 11.8 Å². The number of imide groups is 2. The van der Waals surface area contributed by atoms with Gasteiger partial charge in [-0.2, -0.15) is 0 Å². The van der Waals surface area contributed by atoms with E-state index in [2.05, 4.69) is 31.2 Å². The van der Waals surface area contributed by atoms with Gasteiger partial charge in [-0.05, 0) is 66.8 Å². The number of fused-ring (bicyclic) bond motifs is 2. The number of hydrogen-bond donors (Lipinski definition) is 5. The van der Waals surface area contributed by atoms with Crippen LogP contribution in [0.5, 0.6) is 5.75 Å². The molecule has 2 aliphatic heterocycles. The fourth-order valence-electron chi connectivity index (χ4n) is 6.29. The van der Waals surface area contributed by atoms with Crippen molar-refractivity contribution in [1.82, 2.24) is 30.8 Å². The van der Waals surface area contributed by atoms with Crippen LogP contribution in [0.1, 0.15) is 64.8 Å². The van der Waals surface area contributed by atoms with Crippen molar-refractivity contribution in [2.75, 3.05) is 32.1 Å². The molecule has 1 saturated heterocycles. The first-order valence-electron chi connectivity index (χ1n) is 17.2. The molecular formula is C38H39N7O7. The van der Waals surface area contributed by atoms with Crippen LogP contribution in [0.2, 0.25) is 0 Å². The van der Waals surface area contributed by atoms with Gasteiger partial charge in [0.1, 0.15) is 17.4 Å². The molecule has 1 atom stereocenters. The van der Waals surface area contributed by atoms with E-state index in [1.165, 1.54) is 12.1 Å². The number of benzene rings is 2. The number of carbonyl (C=O) groups excluding carboxylic acids is 6. The van der Waals surface area contributed by atoms with Gasteiger partial charge >= 0.3 is 0 Å². The van der Waals surface area contributed by atoms with Crippen LogP contribution < -0.4 is 26.0 Å². The number of amides is 6. The van der Waals surface area contributed by atoms with Gasteiger partial charge in [0.05, 0.1) is 24.8 Å². The largest absolute Gasteiger partial charge is 0.497 e. The van der Waals surface area contributed by atoms with Crippen molar-refractivity contribution in [3.63, 3.8) is 0 Å². The van der Waals surface area contributed by atoms with Crippen molar-refractivity contribution < 1.29 is 33.5 Å². The van der Waals surface area contributed by atoms with Crippen LogP contribution in [0.15, 0.2) is 67.0 Å². The van der Waals surface area contributed by atoms with E-state index >= 15 is 0 Å². The minimum atomic E-state index is -1.07. The third-order valence-electron chi connectivity index (χ3n) is 9.01. The van der Waals surface area contributed by atoms with Crippen LogP contribution in [-0.4, -0.2) is 83.1 Å². The highest BCUT2D eigenvalue weighted by Gasteiger charge is 2.45. The standard InChI is InChI=1S/C38H39N7O7/c1-52-25-12-10-24(11-13-25)28-21-43-35-27(28)19-23(20-42-35)9-15-31(46)39-17-4-2-3-5-18-40-33(48)22-41-29-8-6-7-26-34(29)38(51)45(37(26)50)30-14-16-32(47)44-36(30)49/h6-13,15,19-21,30,41H,2-5,14,16-18,22H2,1H3,(H,39,46)(H,40,48)(H,42,43)(H,44,47,49)/b15-9+. The molecule has 0 bridgehead atoms. The number of hydrogen-bond acceptors (Lipinski definition) is 9. The Labute approximate surface area is 299 Å². The molecule has 1 unspecified atom stereocenters. The minimum absolute atomic E-state index is 0.0312. The molecule has 0 spiro atoms. The van der Waals surface area contributed by atoms with Crippen LogP contribution >= 0.6 is 0 Å². The molecule has 2 aromatic heterocycles. The SMILES string of the molecule is COc1ccc(-c2c[nH]c3ncc(/C=C/C(=O)NCCCCCCNC(=O)CNc4cccc5c4C(=O)N(C4CCC(=O)NC4=O)C5=O)cc23)cc1. The number of ether oxygens (including phenoxy) is 1. The van der Waals surface area contributed by atoms with E-state index in [-0.39, 0.29) is 42.3 Å². The number of piperidine rings is 1. The summed E-state index contributed by atoms with van der Waals surface area (Å²) in [7, 11) is 1.63. The van der Waals surface area contributed by atoms with E-state index in [1.54, 1.807) is 31.5 Å². The van der Waals surface area contributed by atoms with Gasteiger partial charge in [-0.25, -0.2) is 4.98 Å². The van der Waals surface area contributed by atoms with E-state index in [9.17, 15) is 28.8 Å². The molecule has 6 amide bonds. The lowest BCUT2D eigenvalue weighted by Crippen LogP contribution is -2.54. The van der Waals surface area contributed by atoms with Crippen LogP contribution in [0.3, 0.4) is 0 Å². The molecule has 4 aromatic rings. The Morgan fingerprint density at radius 1 is 0.962 bits per heavy atom. The lowest BCUT2D eigenvalue weighted by atomic mass is 10.0. The topological polar surface area (TPSA) is 192 Å². The number of aromatic amines is 1. The van der Waals surface area contributed by atoms with E-state index in [0.29, 0.717) is 18.8 Å². The number of aromatic nitrogens is 2. The number of carbonyl (C=O) groups is 6. The second kappa shape index (κ2) is 16.1. The zero-order chi connectivity index (χ0) is 36.6. The Morgan fingerprint density at radius 2 is 1.73 bits per heavy atom. The molecule has 0 radical (unpaired) electrons. The maximum atomic E-state index is 13.2. The van der Waals surface area contributed by atoms with E-state index in [0.717, 1.165) is 64.1 Å². The highest BCUT2D eigenvalue weighted by atomic mass is 16.5. The van der Waals surface area contributed by atoms with Crippen LogP contribution in [0.25, 0.3) is 28.2 Å². The number of nitrogens with one attached hydrogen (secondary N) is 5. The summed E-state index contributed by atoms with van der Waals surface area (Å²) in [5, 5.41) is 11.8. The maximum Gasteiger partial charge on any atom is 0.264 e. The summed E-state index contributed by atoms with van der Waals surface area (Å²) in [5.41, 5.74) is 4.16. The highest BCUT2D eigenvalue weighted by molar-refractivity contribution is 6.25. The zero-order valence-corrected chi connectivity index (χ0v) is 28.6. The summed E-state index contributed by atoms with van der Waals surface area (Å²) >= 11 is 0. The summed E-state index contributed by atoms with van der Waals surface area (Å²) in [4.78, 5) is 83.5. The summed E-state index contributed by atoms with van der Waals surface area (Å²) in [6.07, 6.45) is 10.2. The monoisotopic (exact) mass is 705 g/mol. The van der Waals surface area contributed by atoms with Crippen molar-refractivity contribution in [3.05, 3.63) is 83.7 Å². The number of anilines is 1. The Kier molecular flexibility index (Phi) is 11.0. The summed E-state index contributed by atoms with van der Waals surface area (Å²) in [6, 6.07) is 13.4. The molecular weight excluding hydrogens is 666 g/mol. The molecule has 268 valence electrons. The molecule has 14 heteroatoms. The van der Waals surface area contributed by atoms with Crippen molar-refractivity contribution in [2.45, 2.75) is 44.6 Å². The molecule has 0 aliphatic carbocycles. The third kappa shape index (κ3) is 8.01. The Bertz CT molecular complexity index is 2050. The molecule has 1 fully saturated rings. The van der Waals surface area contributed by atoms with Crippen LogP contribution in [0, 0.1) is 0 Å². The predicted molar refractivity (Wildman–Crippen MR) is 193 cm³/mol. The first-order valence-corrected chi connectivity index (χ1v) is 17.2. The Hall–Kier alpha value is -6.31. The average Bonchev–Trinajstić information content (AvgIpc) is 3.68. The van der Waals surface area contributed by atoms with Crippen molar-refractivity contribution in [3.8, 4) is 16.9 Å².